The summed E-state index contributed by atoms with van der Waals surface area (Å²) >= 11 is 5.91. The summed E-state index contributed by atoms with van der Waals surface area (Å²) in [6.07, 6.45) is 2.13. The number of carbonyl (C=O) groups is 1. The van der Waals surface area contributed by atoms with Crippen molar-refractivity contribution in [3.8, 4) is 0 Å². The summed E-state index contributed by atoms with van der Waals surface area (Å²) in [5.74, 6) is -0.0616. The second-order valence-corrected chi connectivity index (χ2v) is 5.76. The van der Waals surface area contributed by atoms with Gasteiger partial charge < -0.3 is 14.9 Å². The Kier molecular flexibility index (Phi) is 6.62. The van der Waals surface area contributed by atoms with Crippen LogP contribution in [0.3, 0.4) is 0 Å². The maximum atomic E-state index is 12.2. The predicted octanol–water partition coefficient (Wildman–Crippen LogP) is 3.20. The van der Waals surface area contributed by atoms with Gasteiger partial charge in [-0.3, -0.25) is 4.79 Å². The molecule has 5 nitrogen and oxygen atoms in total. The van der Waals surface area contributed by atoms with Crippen LogP contribution in [0, 0.1) is 6.92 Å². The topological polar surface area (TPSA) is 75.4 Å². The highest BCUT2D eigenvalue weighted by atomic mass is 35.5. The minimum absolute atomic E-state index is 0.0616. The van der Waals surface area contributed by atoms with Gasteiger partial charge in [-0.05, 0) is 43.4 Å². The lowest BCUT2D eigenvalue weighted by Gasteiger charge is -2.19. The number of hydrogen-bond acceptors (Lipinski definition) is 4. The van der Waals surface area contributed by atoms with Crippen LogP contribution in [-0.4, -0.2) is 22.8 Å². The molecular weight excluding hydrogens is 316 g/mol. The van der Waals surface area contributed by atoms with E-state index in [1.807, 2.05) is 30.3 Å². The van der Waals surface area contributed by atoms with Crippen LogP contribution in [0.15, 0.2) is 34.9 Å². The molecule has 1 aromatic heterocycles. The number of carbonyl (C=O) groups excluding carboxylic acids is 1. The minimum Gasteiger partial charge on any atom is -0.396 e. The van der Waals surface area contributed by atoms with Gasteiger partial charge in [-0.15, -0.1) is 0 Å². The highest BCUT2D eigenvalue weighted by Crippen LogP contribution is 2.21. The minimum atomic E-state index is -0.102. The Labute approximate surface area is 140 Å². The van der Waals surface area contributed by atoms with Crippen molar-refractivity contribution < 1.29 is 14.4 Å². The molecule has 23 heavy (non-hydrogen) atoms. The second kappa shape index (κ2) is 8.70. The van der Waals surface area contributed by atoms with Crippen LogP contribution in [-0.2, 0) is 11.2 Å². The summed E-state index contributed by atoms with van der Waals surface area (Å²) in [7, 11) is 0. The first kappa shape index (κ1) is 17.5. The second-order valence-electron chi connectivity index (χ2n) is 5.42. The van der Waals surface area contributed by atoms with E-state index < -0.39 is 0 Å². The first-order valence-corrected chi connectivity index (χ1v) is 8.05. The van der Waals surface area contributed by atoms with Crippen molar-refractivity contribution >= 4 is 17.5 Å². The Balaban J connectivity index is 1.95. The zero-order chi connectivity index (χ0) is 16.7. The Bertz CT molecular complexity index is 609. The van der Waals surface area contributed by atoms with Crippen molar-refractivity contribution in [1.82, 2.24) is 10.5 Å². The quantitative estimate of drug-likeness (QED) is 0.776. The number of aliphatic hydroxyl groups excluding tert-OH is 1. The highest BCUT2D eigenvalue weighted by Gasteiger charge is 2.16. The highest BCUT2D eigenvalue weighted by molar-refractivity contribution is 6.29. The van der Waals surface area contributed by atoms with Crippen molar-refractivity contribution in [1.29, 1.82) is 0 Å². The van der Waals surface area contributed by atoms with Crippen LogP contribution in [0.1, 0.15) is 42.1 Å². The molecule has 0 aliphatic rings. The molecule has 0 radical (unpaired) electrons. The van der Waals surface area contributed by atoms with E-state index in [-0.39, 0.29) is 23.8 Å². The summed E-state index contributed by atoms with van der Waals surface area (Å²) in [6, 6.07) is 9.66. The van der Waals surface area contributed by atoms with Crippen molar-refractivity contribution in [3.63, 3.8) is 0 Å². The van der Waals surface area contributed by atoms with Gasteiger partial charge in [-0.25, -0.2) is 0 Å². The number of aliphatic hydroxyl groups is 1. The van der Waals surface area contributed by atoms with Crippen LogP contribution in [0.5, 0.6) is 0 Å². The molecular formula is C17H21ClN2O3. The number of amides is 1. The largest absolute Gasteiger partial charge is 0.396 e. The van der Waals surface area contributed by atoms with Crippen molar-refractivity contribution in [2.75, 3.05) is 6.61 Å². The van der Waals surface area contributed by atoms with E-state index in [1.165, 1.54) is 0 Å². The van der Waals surface area contributed by atoms with E-state index in [1.54, 1.807) is 6.92 Å². The fourth-order valence-corrected chi connectivity index (χ4v) is 2.71. The maximum Gasteiger partial charge on any atom is 0.229 e. The third-order valence-corrected chi connectivity index (χ3v) is 4.02. The molecule has 1 aromatic carbocycles. The van der Waals surface area contributed by atoms with Crippen molar-refractivity contribution in [2.45, 2.75) is 38.6 Å². The molecule has 0 fully saturated rings. The predicted molar refractivity (Wildman–Crippen MR) is 88.2 cm³/mol. The lowest BCUT2D eigenvalue weighted by atomic mass is 10.0. The average molecular weight is 337 g/mol. The molecule has 2 N–H and O–H groups in total. The summed E-state index contributed by atoms with van der Waals surface area (Å²) in [5.41, 5.74) is 2.52. The van der Waals surface area contributed by atoms with Gasteiger partial charge in [-0.2, -0.15) is 0 Å². The van der Waals surface area contributed by atoms with Gasteiger partial charge in [-0.1, -0.05) is 35.5 Å². The number of halogens is 1. The van der Waals surface area contributed by atoms with Crippen LogP contribution >= 0.6 is 11.6 Å². The smallest absolute Gasteiger partial charge is 0.229 e. The van der Waals surface area contributed by atoms with Crippen LogP contribution in [0.4, 0.5) is 0 Å². The van der Waals surface area contributed by atoms with Gasteiger partial charge in [0.2, 0.25) is 11.1 Å². The molecule has 0 aliphatic heterocycles. The Morgan fingerprint density at radius 1 is 1.39 bits per heavy atom. The lowest BCUT2D eigenvalue weighted by molar-refractivity contribution is -0.121. The van der Waals surface area contributed by atoms with E-state index in [4.69, 9.17) is 21.2 Å². The summed E-state index contributed by atoms with van der Waals surface area (Å²) in [4.78, 5) is 12.2. The standard InChI is InChI=1S/C17H21ClN2O3/c1-12-14(17(18)23-20-12)9-10-16(22)19-15(8-5-11-21)13-6-3-2-4-7-13/h2-4,6-7,15,21H,5,8-11H2,1H3,(H,19,22). The molecule has 6 heteroatoms. The summed E-state index contributed by atoms with van der Waals surface area (Å²) in [5, 5.41) is 16.1. The molecule has 1 heterocycles. The molecule has 124 valence electrons. The van der Waals surface area contributed by atoms with E-state index >= 15 is 0 Å². The lowest BCUT2D eigenvalue weighted by Crippen LogP contribution is -2.29. The normalized spacial score (nSPS) is 12.1. The SMILES string of the molecule is Cc1noc(Cl)c1CCC(=O)NC(CCCO)c1ccccc1. The number of aromatic nitrogens is 1. The van der Waals surface area contributed by atoms with Crippen molar-refractivity contribution in [2.24, 2.45) is 0 Å². The molecule has 1 atom stereocenters. The molecule has 2 aromatic rings. The molecule has 1 unspecified atom stereocenters. The first-order chi connectivity index (χ1) is 11.1. The number of nitrogens with zero attached hydrogens (tertiary/aromatic N) is 1. The van der Waals surface area contributed by atoms with Gasteiger partial charge in [0.25, 0.3) is 0 Å². The van der Waals surface area contributed by atoms with E-state index in [9.17, 15) is 4.79 Å². The van der Waals surface area contributed by atoms with Gasteiger partial charge in [0.1, 0.15) is 0 Å². The molecule has 0 bridgehead atoms. The first-order valence-electron chi connectivity index (χ1n) is 7.67. The molecule has 0 spiro atoms. The zero-order valence-electron chi connectivity index (χ0n) is 13.1. The van der Waals surface area contributed by atoms with Gasteiger partial charge in [0.05, 0.1) is 11.7 Å². The Morgan fingerprint density at radius 2 is 2.13 bits per heavy atom. The molecule has 2 rings (SSSR count). The monoisotopic (exact) mass is 336 g/mol. The van der Waals surface area contributed by atoms with Crippen LogP contribution in [0.25, 0.3) is 0 Å². The molecule has 0 saturated carbocycles. The van der Waals surface area contributed by atoms with Crippen molar-refractivity contribution in [3.05, 3.63) is 52.4 Å². The van der Waals surface area contributed by atoms with Crippen LogP contribution < -0.4 is 5.32 Å². The van der Waals surface area contributed by atoms with Gasteiger partial charge in [0.15, 0.2) is 0 Å². The summed E-state index contributed by atoms with van der Waals surface area (Å²) < 4.78 is 4.89. The fourth-order valence-electron chi connectivity index (χ4n) is 2.45. The molecule has 0 aliphatic carbocycles. The van der Waals surface area contributed by atoms with Gasteiger partial charge >= 0.3 is 0 Å². The number of aryl methyl sites for hydroxylation is 1. The number of hydrogen-bond donors (Lipinski definition) is 2. The van der Waals surface area contributed by atoms with Crippen LogP contribution in [0.2, 0.25) is 5.22 Å². The average Bonchev–Trinajstić information content (AvgIpc) is 2.88. The molecule has 1 amide bonds. The zero-order valence-corrected chi connectivity index (χ0v) is 13.8. The van der Waals surface area contributed by atoms with Gasteiger partial charge in [0, 0.05) is 18.6 Å². The Morgan fingerprint density at radius 3 is 2.74 bits per heavy atom. The third kappa shape index (κ3) is 5.08. The van der Waals surface area contributed by atoms with E-state index in [0.717, 1.165) is 11.1 Å². The van der Waals surface area contributed by atoms with E-state index in [2.05, 4.69) is 10.5 Å². The number of nitrogens with one attached hydrogen (secondary N) is 1. The fraction of sp³-hybridized carbons (Fsp3) is 0.412. The van der Waals surface area contributed by atoms with E-state index in [0.29, 0.717) is 31.4 Å². The number of benzene rings is 1. The maximum absolute atomic E-state index is 12.2. The summed E-state index contributed by atoms with van der Waals surface area (Å²) in [6.45, 7) is 1.91. The Hall–Kier alpha value is -1.85. The molecule has 0 saturated heterocycles. The third-order valence-electron chi connectivity index (χ3n) is 3.73. The number of rotatable bonds is 8.